The van der Waals surface area contributed by atoms with Crippen molar-refractivity contribution in [1.82, 2.24) is 4.90 Å². The summed E-state index contributed by atoms with van der Waals surface area (Å²) in [5.41, 5.74) is -1.07. The number of aliphatic carboxylic acids is 1. The first-order valence-electron chi connectivity index (χ1n) is 5.60. The Balaban J connectivity index is 3.40. The van der Waals surface area contributed by atoms with Gasteiger partial charge in [0.15, 0.2) is 5.54 Å². The number of amides is 1. The molecule has 1 amide bonds. The molecule has 1 unspecified atom stereocenters. The number of carbonyl (C=O) groups excluding carboxylic acids is 1. The second kappa shape index (κ2) is 5.16. The maximum Gasteiger partial charge on any atom is 0.334 e. The van der Waals surface area contributed by atoms with Gasteiger partial charge in [0.25, 0.3) is 0 Å². The van der Waals surface area contributed by atoms with E-state index >= 15 is 0 Å². The summed E-state index contributed by atoms with van der Waals surface area (Å²) in [6, 6.07) is 5.17. The van der Waals surface area contributed by atoms with Gasteiger partial charge in [-0.1, -0.05) is 19.1 Å². The van der Waals surface area contributed by atoms with Crippen molar-refractivity contribution in [2.24, 2.45) is 0 Å². The maximum atomic E-state index is 12.9. The molecule has 0 aromatic heterocycles. The minimum absolute atomic E-state index is 0.198. The van der Waals surface area contributed by atoms with Crippen LogP contribution in [0.2, 0.25) is 0 Å². The van der Waals surface area contributed by atoms with Crippen LogP contribution in [0, 0.1) is 5.82 Å². The summed E-state index contributed by atoms with van der Waals surface area (Å²) in [5.74, 6) is -1.93. The third-order valence-electron chi connectivity index (χ3n) is 3.23. The predicted octanol–water partition coefficient (Wildman–Crippen LogP) is 1.99. The standard InChI is InChI=1S/C13H16FNO3/c1-4-13(12(17)18,15(3)9(2)16)10-5-7-11(14)8-6-10/h5-8H,4H2,1-3H3,(H,17,18). The highest BCUT2D eigenvalue weighted by atomic mass is 19.1. The summed E-state index contributed by atoms with van der Waals surface area (Å²) < 4.78 is 12.9. The SMILES string of the molecule is CCC(C(=O)O)(c1ccc(F)cc1)N(C)C(C)=O. The summed E-state index contributed by atoms with van der Waals surface area (Å²) >= 11 is 0. The predicted molar refractivity (Wildman–Crippen MR) is 64.4 cm³/mol. The third-order valence-corrected chi connectivity index (χ3v) is 3.23. The zero-order chi connectivity index (χ0) is 13.9. The van der Waals surface area contributed by atoms with Crippen molar-refractivity contribution in [3.05, 3.63) is 35.6 Å². The lowest BCUT2D eigenvalue weighted by molar-refractivity contribution is -0.158. The van der Waals surface area contributed by atoms with Gasteiger partial charge in [-0.25, -0.2) is 9.18 Å². The smallest absolute Gasteiger partial charge is 0.334 e. The molecular weight excluding hydrogens is 237 g/mol. The fourth-order valence-electron chi connectivity index (χ4n) is 2.05. The number of halogens is 1. The van der Waals surface area contributed by atoms with Gasteiger partial charge >= 0.3 is 5.97 Å². The second-order valence-corrected chi connectivity index (χ2v) is 4.10. The number of benzene rings is 1. The average molecular weight is 253 g/mol. The van der Waals surface area contributed by atoms with E-state index in [-0.39, 0.29) is 12.3 Å². The fourth-order valence-corrected chi connectivity index (χ4v) is 2.05. The quantitative estimate of drug-likeness (QED) is 0.892. The number of carboxylic acid groups (broad SMARTS) is 1. The fraction of sp³-hybridized carbons (Fsp3) is 0.385. The Bertz CT molecular complexity index is 458. The van der Waals surface area contributed by atoms with Gasteiger partial charge in [0.1, 0.15) is 5.82 Å². The molecule has 1 aromatic rings. The van der Waals surface area contributed by atoms with Crippen LogP contribution in [0.3, 0.4) is 0 Å². The number of carboxylic acids is 1. The Kier molecular flexibility index (Phi) is 4.06. The molecule has 98 valence electrons. The Labute approximate surface area is 105 Å². The molecule has 0 aliphatic rings. The first kappa shape index (κ1) is 14.2. The molecule has 4 nitrogen and oxygen atoms in total. The zero-order valence-corrected chi connectivity index (χ0v) is 10.6. The summed E-state index contributed by atoms with van der Waals surface area (Å²) in [5, 5.41) is 9.48. The van der Waals surface area contributed by atoms with E-state index in [4.69, 9.17) is 0 Å². The molecule has 0 aliphatic carbocycles. The molecule has 0 saturated carbocycles. The minimum atomic E-state index is -1.46. The first-order chi connectivity index (χ1) is 8.36. The highest BCUT2D eigenvalue weighted by Gasteiger charge is 2.44. The molecule has 1 aromatic carbocycles. The molecule has 0 fully saturated rings. The van der Waals surface area contributed by atoms with Crippen LogP contribution in [0.4, 0.5) is 4.39 Å². The van der Waals surface area contributed by atoms with Crippen LogP contribution in [0.15, 0.2) is 24.3 Å². The molecule has 18 heavy (non-hydrogen) atoms. The van der Waals surface area contributed by atoms with Crippen LogP contribution in [-0.4, -0.2) is 28.9 Å². The maximum absolute atomic E-state index is 12.9. The molecule has 1 N–H and O–H groups in total. The van der Waals surface area contributed by atoms with Crippen molar-refractivity contribution >= 4 is 11.9 Å². The number of carbonyl (C=O) groups is 2. The number of hydrogen-bond donors (Lipinski definition) is 1. The van der Waals surface area contributed by atoms with Crippen molar-refractivity contribution in [3.8, 4) is 0 Å². The molecule has 0 bridgehead atoms. The van der Waals surface area contributed by atoms with E-state index < -0.39 is 17.3 Å². The number of hydrogen-bond acceptors (Lipinski definition) is 2. The van der Waals surface area contributed by atoms with E-state index in [0.29, 0.717) is 5.56 Å². The largest absolute Gasteiger partial charge is 0.479 e. The van der Waals surface area contributed by atoms with E-state index in [1.54, 1.807) is 6.92 Å². The summed E-state index contributed by atoms with van der Waals surface area (Å²) in [4.78, 5) is 24.2. The Morgan fingerprint density at radius 1 is 1.33 bits per heavy atom. The molecular formula is C13H16FNO3. The van der Waals surface area contributed by atoms with E-state index in [2.05, 4.69) is 0 Å². The van der Waals surface area contributed by atoms with Crippen LogP contribution in [0.5, 0.6) is 0 Å². The number of nitrogens with zero attached hydrogens (tertiary/aromatic N) is 1. The second-order valence-electron chi connectivity index (χ2n) is 4.10. The summed E-state index contributed by atoms with van der Waals surface area (Å²) in [6.07, 6.45) is 0.198. The Morgan fingerprint density at radius 3 is 2.17 bits per heavy atom. The third kappa shape index (κ3) is 2.20. The van der Waals surface area contributed by atoms with Crippen molar-refractivity contribution in [1.29, 1.82) is 0 Å². The molecule has 0 spiro atoms. The highest BCUT2D eigenvalue weighted by Crippen LogP contribution is 2.32. The van der Waals surface area contributed by atoms with Gasteiger partial charge in [0, 0.05) is 14.0 Å². The van der Waals surface area contributed by atoms with Gasteiger partial charge in [-0.05, 0) is 24.1 Å². The molecule has 0 saturated heterocycles. The molecule has 0 heterocycles. The van der Waals surface area contributed by atoms with Gasteiger partial charge in [0.05, 0.1) is 0 Å². The Hall–Kier alpha value is -1.91. The Morgan fingerprint density at radius 2 is 1.83 bits per heavy atom. The van der Waals surface area contributed by atoms with Gasteiger partial charge in [-0.2, -0.15) is 0 Å². The molecule has 5 heteroatoms. The zero-order valence-electron chi connectivity index (χ0n) is 10.6. The van der Waals surface area contributed by atoms with Crippen molar-refractivity contribution in [2.45, 2.75) is 25.8 Å². The lowest BCUT2D eigenvalue weighted by atomic mass is 9.85. The van der Waals surface area contributed by atoms with Gasteiger partial charge in [-0.15, -0.1) is 0 Å². The monoisotopic (exact) mass is 253 g/mol. The van der Waals surface area contributed by atoms with E-state index in [1.807, 2.05) is 0 Å². The molecule has 0 radical (unpaired) electrons. The van der Waals surface area contributed by atoms with Crippen molar-refractivity contribution in [3.63, 3.8) is 0 Å². The topological polar surface area (TPSA) is 57.6 Å². The average Bonchev–Trinajstić information content (AvgIpc) is 2.32. The van der Waals surface area contributed by atoms with E-state index in [1.165, 1.54) is 43.1 Å². The lowest BCUT2D eigenvalue weighted by Gasteiger charge is -2.37. The van der Waals surface area contributed by atoms with Crippen molar-refractivity contribution < 1.29 is 19.1 Å². The lowest BCUT2D eigenvalue weighted by Crippen LogP contribution is -2.51. The summed E-state index contributed by atoms with van der Waals surface area (Å²) in [7, 11) is 1.43. The van der Waals surface area contributed by atoms with Crippen LogP contribution >= 0.6 is 0 Å². The van der Waals surface area contributed by atoms with E-state index in [0.717, 1.165) is 0 Å². The molecule has 1 rings (SSSR count). The van der Waals surface area contributed by atoms with Crippen LogP contribution < -0.4 is 0 Å². The van der Waals surface area contributed by atoms with Crippen LogP contribution in [-0.2, 0) is 15.1 Å². The van der Waals surface area contributed by atoms with Gasteiger partial charge in [-0.3, -0.25) is 4.79 Å². The normalized spacial score (nSPS) is 13.8. The molecule has 1 atom stereocenters. The highest BCUT2D eigenvalue weighted by molar-refractivity contribution is 5.87. The number of rotatable bonds is 4. The summed E-state index contributed by atoms with van der Waals surface area (Å²) in [6.45, 7) is 2.98. The number of likely N-dealkylation sites (N-methyl/N-ethyl adjacent to an activating group) is 1. The van der Waals surface area contributed by atoms with Crippen molar-refractivity contribution in [2.75, 3.05) is 7.05 Å². The minimum Gasteiger partial charge on any atom is -0.479 e. The van der Waals surface area contributed by atoms with Gasteiger partial charge in [0.2, 0.25) is 5.91 Å². The van der Waals surface area contributed by atoms with Crippen LogP contribution in [0.1, 0.15) is 25.8 Å². The first-order valence-corrected chi connectivity index (χ1v) is 5.60. The molecule has 0 aliphatic heterocycles. The van der Waals surface area contributed by atoms with Gasteiger partial charge < -0.3 is 10.0 Å². The van der Waals surface area contributed by atoms with E-state index in [9.17, 15) is 19.1 Å². The van der Waals surface area contributed by atoms with Crippen LogP contribution in [0.25, 0.3) is 0 Å².